The average Bonchev–Trinajstić information content (AvgIpc) is 2.42. The predicted molar refractivity (Wildman–Crippen MR) is 107 cm³/mol. The maximum atomic E-state index is 11.8. The van der Waals surface area contributed by atoms with Crippen molar-refractivity contribution >= 4 is 31.4 Å². The lowest BCUT2D eigenvalue weighted by molar-refractivity contribution is 0.0508. The van der Waals surface area contributed by atoms with E-state index in [-0.39, 0.29) is 6.04 Å². The Morgan fingerprint density at radius 1 is 1.21 bits per heavy atom. The van der Waals surface area contributed by atoms with Crippen molar-refractivity contribution in [3.63, 3.8) is 0 Å². The van der Waals surface area contributed by atoms with Gasteiger partial charge in [-0.3, -0.25) is 0 Å². The van der Waals surface area contributed by atoms with E-state index in [2.05, 4.69) is 30.3 Å². The number of alkyl carbamates (subject to hydrolysis) is 1. The van der Waals surface area contributed by atoms with Crippen LogP contribution in [0, 0.1) is 0 Å². The Morgan fingerprint density at radius 3 is 2.21 bits per heavy atom. The lowest BCUT2D eigenvalue weighted by Gasteiger charge is -2.22. The molecule has 1 rings (SSSR count). The van der Waals surface area contributed by atoms with Gasteiger partial charge in [0.05, 0.1) is 14.1 Å². The number of thiocarbonyl (C=S) groups is 1. The van der Waals surface area contributed by atoms with Crippen LogP contribution in [-0.4, -0.2) is 30.9 Å². The number of rotatable bonds is 5. The zero-order valence-corrected chi connectivity index (χ0v) is 17.6. The van der Waals surface area contributed by atoms with Crippen LogP contribution in [0.4, 0.5) is 4.79 Å². The molecule has 0 aromatic heterocycles. The van der Waals surface area contributed by atoms with Crippen LogP contribution in [0.1, 0.15) is 44.9 Å². The molecule has 134 valence electrons. The van der Waals surface area contributed by atoms with Crippen LogP contribution < -0.4 is 10.6 Å². The highest BCUT2D eigenvalue weighted by atomic mass is 32.1. The molecule has 0 heterocycles. The summed E-state index contributed by atoms with van der Waals surface area (Å²) >= 11 is 5.45. The van der Waals surface area contributed by atoms with E-state index in [4.69, 9.17) is 17.0 Å². The van der Waals surface area contributed by atoms with E-state index in [9.17, 15) is 4.79 Å². The molecule has 1 aromatic carbocycles. The summed E-state index contributed by atoms with van der Waals surface area (Å²) < 4.78 is 5.28. The topological polar surface area (TPSA) is 50.4 Å². The fourth-order valence-electron chi connectivity index (χ4n) is 1.94. The minimum absolute atomic E-state index is 0.127. The second-order valence-corrected chi connectivity index (χ2v) is 14.1. The van der Waals surface area contributed by atoms with Gasteiger partial charge in [0.15, 0.2) is 0 Å². The van der Waals surface area contributed by atoms with Crippen LogP contribution in [0.25, 0.3) is 0 Å². The van der Waals surface area contributed by atoms with Gasteiger partial charge in [0.25, 0.3) is 0 Å². The molecule has 0 spiro atoms. The Hall–Kier alpha value is -1.40. The summed E-state index contributed by atoms with van der Waals surface area (Å²) in [6, 6.07) is 7.82. The molecular formula is C18H30N2O2SSi. The summed E-state index contributed by atoms with van der Waals surface area (Å²) in [7, 11) is -1.18. The maximum Gasteiger partial charge on any atom is 0.408 e. The average molecular weight is 367 g/mol. The van der Waals surface area contributed by atoms with Gasteiger partial charge in [-0.05, 0) is 33.3 Å². The van der Waals surface area contributed by atoms with Crippen LogP contribution in [0.2, 0.25) is 19.6 Å². The van der Waals surface area contributed by atoms with Crippen molar-refractivity contribution in [3.8, 4) is 0 Å². The first kappa shape index (κ1) is 20.6. The molecular weight excluding hydrogens is 336 g/mol. The van der Waals surface area contributed by atoms with Crippen molar-refractivity contribution < 1.29 is 9.53 Å². The van der Waals surface area contributed by atoms with Crippen molar-refractivity contribution in [2.45, 2.75) is 59.0 Å². The van der Waals surface area contributed by atoms with Gasteiger partial charge in [0.2, 0.25) is 0 Å². The molecule has 24 heavy (non-hydrogen) atoms. The number of hydrogen-bond donors (Lipinski definition) is 2. The van der Waals surface area contributed by atoms with Crippen LogP contribution in [0.5, 0.6) is 0 Å². The molecule has 1 amide bonds. The third-order valence-corrected chi connectivity index (χ3v) is 4.80. The first-order valence-corrected chi connectivity index (χ1v) is 12.4. The minimum atomic E-state index is -1.18. The van der Waals surface area contributed by atoms with E-state index in [1.54, 1.807) is 0 Å². The largest absolute Gasteiger partial charge is 0.444 e. The number of ether oxygens (including phenoxy) is 1. The van der Waals surface area contributed by atoms with E-state index in [0.29, 0.717) is 0 Å². The number of nitrogens with one attached hydrogen (secondary N) is 2. The summed E-state index contributed by atoms with van der Waals surface area (Å²) in [6.45, 7) is 14.4. The van der Waals surface area contributed by atoms with E-state index >= 15 is 0 Å². The predicted octanol–water partition coefficient (Wildman–Crippen LogP) is 4.41. The summed E-state index contributed by atoms with van der Waals surface area (Å²) in [5, 5.41) is 6.19. The molecule has 0 unspecified atom stereocenters. The van der Waals surface area contributed by atoms with Crippen molar-refractivity contribution in [1.29, 1.82) is 0 Å². The highest BCUT2D eigenvalue weighted by molar-refractivity contribution is 7.80. The molecule has 1 aromatic rings. The summed E-state index contributed by atoms with van der Waals surface area (Å²) in [4.78, 5) is 12.6. The second kappa shape index (κ2) is 8.12. The fraction of sp³-hybridized carbons (Fsp3) is 0.556. The lowest BCUT2D eigenvalue weighted by atomic mass is 10.1. The van der Waals surface area contributed by atoms with E-state index < -0.39 is 19.8 Å². The molecule has 0 bridgehead atoms. The molecule has 0 fully saturated rings. The molecule has 4 nitrogen and oxygen atoms in total. The number of carbonyl (C=O) groups excluding carboxylic acids is 1. The molecule has 0 saturated carbocycles. The zero-order chi connectivity index (χ0) is 18.5. The van der Waals surface area contributed by atoms with Crippen LogP contribution in [-0.2, 0) is 4.74 Å². The minimum Gasteiger partial charge on any atom is -0.444 e. The number of carbonyl (C=O) groups is 1. The van der Waals surface area contributed by atoms with Gasteiger partial charge < -0.3 is 15.4 Å². The van der Waals surface area contributed by atoms with Gasteiger partial charge >= 0.3 is 6.09 Å². The Labute approximate surface area is 152 Å². The molecule has 1 atom stereocenters. The van der Waals surface area contributed by atoms with Gasteiger partial charge in [-0.25, -0.2) is 4.79 Å². The van der Waals surface area contributed by atoms with Crippen molar-refractivity contribution in [3.05, 3.63) is 35.4 Å². The number of benzene rings is 1. The highest BCUT2D eigenvalue weighted by Gasteiger charge is 2.18. The second-order valence-electron chi connectivity index (χ2n) is 8.23. The van der Waals surface area contributed by atoms with Crippen LogP contribution >= 0.6 is 12.2 Å². The van der Waals surface area contributed by atoms with Gasteiger partial charge in [-0.15, -0.1) is 0 Å². The highest BCUT2D eigenvalue weighted by Crippen LogP contribution is 2.15. The molecule has 0 aliphatic carbocycles. The van der Waals surface area contributed by atoms with E-state index in [0.717, 1.165) is 22.3 Å². The van der Waals surface area contributed by atoms with Crippen molar-refractivity contribution in [1.82, 2.24) is 10.6 Å². The Bertz CT molecular complexity index is 574. The van der Waals surface area contributed by atoms with Crippen molar-refractivity contribution in [2.24, 2.45) is 0 Å². The molecule has 0 radical (unpaired) electrons. The monoisotopic (exact) mass is 366 g/mol. The fourth-order valence-corrected chi connectivity index (χ4v) is 2.98. The van der Waals surface area contributed by atoms with Crippen LogP contribution in [0.3, 0.4) is 0 Å². The third-order valence-electron chi connectivity index (χ3n) is 3.19. The molecule has 2 N–H and O–H groups in total. The van der Waals surface area contributed by atoms with Gasteiger partial charge in [-0.2, -0.15) is 0 Å². The zero-order valence-electron chi connectivity index (χ0n) is 15.8. The first-order chi connectivity index (χ1) is 10.9. The van der Waals surface area contributed by atoms with Gasteiger partial charge in [0.1, 0.15) is 10.6 Å². The number of hydrogen-bond acceptors (Lipinski definition) is 3. The summed E-state index contributed by atoms with van der Waals surface area (Å²) in [5.74, 6) is 0. The maximum absolute atomic E-state index is 11.8. The quantitative estimate of drug-likeness (QED) is 0.598. The van der Waals surface area contributed by atoms with Gasteiger partial charge in [-0.1, -0.05) is 56.1 Å². The number of amides is 1. The lowest BCUT2D eigenvalue weighted by Crippen LogP contribution is -2.39. The standard InChI is InChI=1S/C18H30N2O2SSi/c1-13(20-17(21)22-18(2,3)4)14-8-10-15(11-9-14)16(23)19-12-24(5,6)7/h8-11,13H,12H2,1-7H3,(H,19,23)(H,20,21)/t13-/m0/s1. The van der Waals surface area contributed by atoms with Gasteiger partial charge in [0, 0.05) is 11.7 Å². The molecule has 0 aliphatic heterocycles. The van der Waals surface area contributed by atoms with Crippen LogP contribution in [0.15, 0.2) is 24.3 Å². The SMILES string of the molecule is C[C@H](NC(=O)OC(C)(C)C)c1ccc(C(=S)NC[Si](C)(C)C)cc1. The van der Waals surface area contributed by atoms with Crippen molar-refractivity contribution in [2.75, 3.05) is 6.17 Å². The smallest absolute Gasteiger partial charge is 0.408 e. The first-order valence-electron chi connectivity index (χ1n) is 8.25. The van der Waals surface area contributed by atoms with E-state index in [1.165, 1.54) is 0 Å². The summed E-state index contributed by atoms with van der Waals surface area (Å²) in [5.41, 5.74) is 1.51. The molecule has 0 aliphatic rings. The van der Waals surface area contributed by atoms with E-state index in [1.807, 2.05) is 52.0 Å². The third kappa shape index (κ3) is 7.92. The summed E-state index contributed by atoms with van der Waals surface area (Å²) in [6.07, 6.45) is 0.552. The molecule has 6 heteroatoms. The Balaban J connectivity index is 2.63. The normalized spacial score (nSPS) is 13.1. The Morgan fingerprint density at radius 2 is 1.75 bits per heavy atom. The molecule has 0 saturated heterocycles. The Kier molecular flexibility index (Phi) is 6.98.